The number of halogens is 1. The number of para-hydroxylation sites is 1. The average molecular weight is 344 g/mol. The number of carbonyl (C=O) groups is 1. The minimum atomic E-state index is -0.197. The molecule has 0 aliphatic carbocycles. The summed E-state index contributed by atoms with van der Waals surface area (Å²) < 4.78 is 0. The molecular weight excluding hydrogens is 322 g/mol. The van der Waals surface area contributed by atoms with Gasteiger partial charge in [0.1, 0.15) is 0 Å². The van der Waals surface area contributed by atoms with Crippen molar-refractivity contribution < 1.29 is 4.79 Å². The number of benzene rings is 2. The summed E-state index contributed by atoms with van der Waals surface area (Å²) in [5.41, 5.74) is 1.85. The number of hydrogen-bond donors (Lipinski definition) is 2. The minimum Gasteiger partial charge on any atom is -0.336 e. The van der Waals surface area contributed by atoms with E-state index in [0.717, 1.165) is 29.4 Å². The van der Waals surface area contributed by atoms with E-state index in [0.29, 0.717) is 6.54 Å². The lowest BCUT2D eigenvalue weighted by Gasteiger charge is -2.29. The maximum Gasteiger partial charge on any atom is 0.319 e. The summed E-state index contributed by atoms with van der Waals surface area (Å²) in [5, 5.41) is 6.59. The third-order valence-electron chi connectivity index (χ3n) is 4.33. The second kappa shape index (κ2) is 8.18. The first-order chi connectivity index (χ1) is 11.7. The quantitative estimate of drug-likeness (QED) is 0.850. The Bertz CT molecular complexity index is 671. The number of nitrogens with one attached hydrogen (secondary N) is 2. The summed E-state index contributed by atoms with van der Waals surface area (Å²) in [5.74, 6) is 0. The highest BCUT2D eigenvalue weighted by molar-refractivity contribution is 6.31. The molecule has 1 fully saturated rings. The molecule has 126 valence electrons. The molecule has 1 atom stereocenters. The normalized spacial score (nSPS) is 15.9. The third-order valence-corrected chi connectivity index (χ3v) is 4.68. The molecule has 0 saturated carbocycles. The van der Waals surface area contributed by atoms with Gasteiger partial charge in [0, 0.05) is 17.3 Å². The molecule has 0 bridgehead atoms. The van der Waals surface area contributed by atoms with Crippen LogP contribution < -0.4 is 10.6 Å². The Balaban J connectivity index is 1.66. The number of carbonyl (C=O) groups excluding carboxylic acids is 1. The number of rotatable bonds is 5. The van der Waals surface area contributed by atoms with Crippen LogP contribution in [0.1, 0.15) is 24.4 Å². The smallest absolute Gasteiger partial charge is 0.319 e. The van der Waals surface area contributed by atoms with Crippen molar-refractivity contribution in [2.24, 2.45) is 0 Å². The third kappa shape index (κ3) is 4.28. The predicted molar refractivity (Wildman–Crippen MR) is 98.5 cm³/mol. The monoisotopic (exact) mass is 343 g/mol. The molecule has 3 rings (SSSR count). The van der Waals surface area contributed by atoms with E-state index in [1.165, 1.54) is 12.8 Å². The minimum absolute atomic E-state index is 0.0997. The fourth-order valence-corrected chi connectivity index (χ4v) is 3.38. The van der Waals surface area contributed by atoms with Crippen molar-refractivity contribution in [3.8, 4) is 0 Å². The van der Waals surface area contributed by atoms with Crippen molar-refractivity contribution in [1.82, 2.24) is 10.2 Å². The Labute approximate surface area is 147 Å². The number of nitrogens with zero attached hydrogens (tertiary/aromatic N) is 1. The maximum absolute atomic E-state index is 12.2. The van der Waals surface area contributed by atoms with Gasteiger partial charge in [-0.1, -0.05) is 48.0 Å². The predicted octanol–water partition coefficient (Wildman–Crippen LogP) is 4.30. The first-order valence-corrected chi connectivity index (χ1v) is 8.70. The average Bonchev–Trinajstić information content (AvgIpc) is 3.12. The molecule has 1 aliphatic rings. The maximum atomic E-state index is 12.2. The molecule has 0 spiro atoms. The van der Waals surface area contributed by atoms with Gasteiger partial charge in [-0.3, -0.25) is 4.90 Å². The first-order valence-electron chi connectivity index (χ1n) is 8.32. The van der Waals surface area contributed by atoms with Gasteiger partial charge in [-0.05, 0) is 49.7 Å². The molecule has 2 aromatic carbocycles. The van der Waals surface area contributed by atoms with Gasteiger partial charge in [-0.2, -0.15) is 0 Å². The lowest BCUT2D eigenvalue weighted by atomic mass is 10.1. The van der Waals surface area contributed by atoms with Crippen LogP contribution in [0.5, 0.6) is 0 Å². The SMILES string of the molecule is O=C(NC[C@H](c1ccccc1Cl)N1CCCC1)Nc1ccccc1. The van der Waals surface area contributed by atoms with Crippen molar-refractivity contribution in [2.75, 3.05) is 25.0 Å². The first kappa shape index (κ1) is 16.8. The number of hydrogen-bond acceptors (Lipinski definition) is 2. The molecule has 0 radical (unpaired) electrons. The molecule has 2 amide bonds. The largest absolute Gasteiger partial charge is 0.336 e. The molecule has 0 aromatic heterocycles. The summed E-state index contributed by atoms with van der Waals surface area (Å²) in [6.45, 7) is 2.61. The van der Waals surface area contributed by atoms with E-state index in [1.54, 1.807) is 0 Å². The van der Waals surface area contributed by atoms with Crippen LogP contribution in [0.3, 0.4) is 0 Å². The van der Waals surface area contributed by atoms with Crippen molar-refractivity contribution >= 4 is 23.3 Å². The highest BCUT2D eigenvalue weighted by Crippen LogP contribution is 2.29. The molecule has 5 heteroatoms. The second-order valence-corrected chi connectivity index (χ2v) is 6.39. The van der Waals surface area contributed by atoms with Crippen LogP contribution in [0.2, 0.25) is 5.02 Å². The van der Waals surface area contributed by atoms with Gasteiger partial charge in [0.05, 0.1) is 6.04 Å². The second-order valence-electron chi connectivity index (χ2n) is 5.98. The van der Waals surface area contributed by atoms with Crippen LogP contribution in [-0.2, 0) is 0 Å². The van der Waals surface area contributed by atoms with Crippen LogP contribution in [-0.4, -0.2) is 30.6 Å². The van der Waals surface area contributed by atoms with Crippen molar-refractivity contribution in [2.45, 2.75) is 18.9 Å². The number of anilines is 1. The van der Waals surface area contributed by atoms with Crippen LogP contribution >= 0.6 is 11.6 Å². The Morgan fingerprint density at radius 3 is 2.42 bits per heavy atom. The zero-order valence-electron chi connectivity index (χ0n) is 13.5. The van der Waals surface area contributed by atoms with Gasteiger partial charge in [0.2, 0.25) is 0 Å². The highest BCUT2D eigenvalue weighted by Gasteiger charge is 2.25. The van der Waals surface area contributed by atoms with E-state index in [1.807, 2.05) is 54.6 Å². The van der Waals surface area contributed by atoms with Gasteiger partial charge >= 0.3 is 6.03 Å². The van der Waals surface area contributed by atoms with Crippen molar-refractivity contribution in [1.29, 1.82) is 0 Å². The van der Waals surface area contributed by atoms with Gasteiger partial charge in [0.25, 0.3) is 0 Å². The van der Waals surface area contributed by atoms with Crippen molar-refractivity contribution in [3.63, 3.8) is 0 Å². The van der Waals surface area contributed by atoms with E-state index >= 15 is 0 Å². The van der Waals surface area contributed by atoms with E-state index in [9.17, 15) is 4.79 Å². The van der Waals surface area contributed by atoms with E-state index in [4.69, 9.17) is 11.6 Å². The fraction of sp³-hybridized carbons (Fsp3) is 0.316. The van der Waals surface area contributed by atoms with Gasteiger partial charge < -0.3 is 10.6 Å². The van der Waals surface area contributed by atoms with E-state index in [2.05, 4.69) is 15.5 Å². The Morgan fingerprint density at radius 1 is 1.04 bits per heavy atom. The van der Waals surface area contributed by atoms with Gasteiger partial charge in [-0.15, -0.1) is 0 Å². The van der Waals surface area contributed by atoms with E-state index in [-0.39, 0.29) is 12.1 Å². The standard InChI is InChI=1S/C19H22ClN3O/c20-17-11-5-4-10-16(17)18(23-12-6-7-13-23)14-21-19(24)22-15-8-2-1-3-9-15/h1-5,8-11,18H,6-7,12-14H2,(H2,21,22,24)/t18-/m1/s1. The Kier molecular flexibility index (Phi) is 5.72. The van der Waals surface area contributed by atoms with Crippen molar-refractivity contribution in [3.05, 3.63) is 65.2 Å². The lowest BCUT2D eigenvalue weighted by molar-refractivity contribution is 0.227. The molecular formula is C19H22ClN3O. The molecule has 1 heterocycles. The summed E-state index contributed by atoms with van der Waals surface area (Å²) in [7, 11) is 0. The zero-order valence-corrected chi connectivity index (χ0v) is 14.3. The van der Waals surface area contributed by atoms with Crippen LogP contribution in [0.15, 0.2) is 54.6 Å². The van der Waals surface area contributed by atoms with Crippen LogP contribution in [0.4, 0.5) is 10.5 Å². The van der Waals surface area contributed by atoms with Gasteiger partial charge in [0.15, 0.2) is 0 Å². The molecule has 1 aliphatic heterocycles. The molecule has 1 saturated heterocycles. The molecule has 2 N–H and O–H groups in total. The molecule has 4 nitrogen and oxygen atoms in total. The molecule has 24 heavy (non-hydrogen) atoms. The molecule has 2 aromatic rings. The Hall–Kier alpha value is -2.04. The highest BCUT2D eigenvalue weighted by atomic mass is 35.5. The summed E-state index contributed by atoms with van der Waals surface area (Å²) in [6, 6.07) is 17.2. The number of urea groups is 1. The van der Waals surface area contributed by atoms with Crippen LogP contribution in [0.25, 0.3) is 0 Å². The lowest BCUT2D eigenvalue weighted by Crippen LogP contribution is -2.38. The topological polar surface area (TPSA) is 44.4 Å². The Morgan fingerprint density at radius 2 is 1.71 bits per heavy atom. The zero-order chi connectivity index (χ0) is 16.8. The number of amides is 2. The molecule has 0 unspecified atom stereocenters. The van der Waals surface area contributed by atoms with Crippen LogP contribution in [0, 0.1) is 0 Å². The summed E-state index contributed by atoms with van der Waals surface area (Å²) >= 11 is 6.39. The summed E-state index contributed by atoms with van der Waals surface area (Å²) in [6.07, 6.45) is 2.38. The number of likely N-dealkylation sites (tertiary alicyclic amines) is 1. The van der Waals surface area contributed by atoms with E-state index < -0.39 is 0 Å². The fourth-order valence-electron chi connectivity index (χ4n) is 3.12. The summed E-state index contributed by atoms with van der Waals surface area (Å²) in [4.78, 5) is 14.6. The van der Waals surface area contributed by atoms with Gasteiger partial charge in [-0.25, -0.2) is 4.79 Å².